The van der Waals surface area contributed by atoms with Crippen molar-refractivity contribution in [1.29, 1.82) is 0 Å². The van der Waals surface area contributed by atoms with Gasteiger partial charge in [-0.25, -0.2) is 4.79 Å². The molecular formula is C25H24N6O5S. The number of nitrogens with two attached hydrogens (primary N) is 1. The fourth-order valence-corrected chi connectivity index (χ4v) is 3.41. The van der Waals surface area contributed by atoms with Crippen molar-refractivity contribution in [2.75, 3.05) is 36.2 Å². The van der Waals surface area contributed by atoms with E-state index in [-0.39, 0.29) is 37.1 Å². The second-order valence-electron chi connectivity index (χ2n) is 7.39. The van der Waals surface area contributed by atoms with Crippen molar-refractivity contribution >= 4 is 40.7 Å². The molecule has 0 saturated carbocycles. The highest BCUT2D eigenvalue weighted by atomic mass is 32.1. The van der Waals surface area contributed by atoms with E-state index in [4.69, 9.17) is 36.7 Å². The molecule has 0 atom stereocenters. The van der Waals surface area contributed by atoms with E-state index in [9.17, 15) is 4.79 Å². The molecule has 4 N–H and O–H groups in total. The quantitative estimate of drug-likeness (QED) is 0.157. The number of nitrogen functional groups attached to an aromatic ring is 1. The zero-order valence-electron chi connectivity index (χ0n) is 19.8. The van der Waals surface area contributed by atoms with Crippen LogP contribution in [-0.4, -0.2) is 46.3 Å². The normalized spacial score (nSPS) is 10.4. The molecule has 37 heavy (non-hydrogen) atoms. The standard InChI is InChI=1S/C25H24N6O5S/c1-2-33-24(32)21-22(26)36-31-23(21)35-15-14-34-19-11-7-6-10-18(19)27-25(37)28-20-13-12-17(29-30-20)16-8-4-3-5-9-16/h3-13H,2,14-15,26H2,1H3,(H2,27,28,30,37). The fraction of sp³-hybridized carbons (Fsp3) is 0.160. The predicted octanol–water partition coefficient (Wildman–Crippen LogP) is 4.16. The van der Waals surface area contributed by atoms with Crippen molar-refractivity contribution in [2.24, 2.45) is 0 Å². The van der Waals surface area contributed by atoms with E-state index in [1.54, 1.807) is 19.1 Å². The van der Waals surface area contributed by atoms with Crippen molar-refractivity contribution in [3.05, 3.63) is 72.3 Å². The summed E-state index contributed by atoms with van der Waals surface area (Å²) in [6.45, 7) is 2.06. The summed E-state index contributed by atoms with van der Waals surface area (Å²) in [6.07, 6.45) is 0. The van der Waals surface area contributed by atoms with Gasteiger partial charge in [0, 0.05) is 5.56 Å². The van der Waals surface area contributed by atoms with Crippen LogP contribution in [0.25, 0.3) is 11.3 Å². The molecule has 11 nitrogen and oxygen atoms in total. The molecule has 0 aliphatic heterocycles. The molecule has 12 heteroatoms. The van der Waals surface area contributed by atoms with Gasteiger partial charge in [-0.2, -0.15) is 0 Å². The highest BCUT2D eigenvalue weighted by Crippen LogP contribution is 2.26. The second-order valence-corrected chi connectivity index (χ2v) is 7.80. The number of esters is 1. The second kappa shape index (κ2) is 12.3. The van der Waals surface area contributed by atoms with Crippen LogP contribution >= 0.6 is 12.2 Å². The van der Waals surface area contributed by atoms with Gasteiger partial charge >= 0.3 is 5.97 Å². The Morgan fingerprint density at radius 2 is 1.73 bits per heavy atom. The highest BCUT2D eigenvalue weighted by Gasteiger charge is 2.24. The molecule has 2 aromatic heterocycles. The number of hydrogen-bond acceptors (Lipinski definition) is 10. The van der Waals surface area contributed by atoms with Crippen LogP contribution < -0.4 is 25.8 Å². The zero-order valence-corrected chi connectivity index (χ0v) is 20.7. The van der Waals surface area contributed by atoms with Crippen LogP contribution in [0.1, 0.15) is 17.3 Å². The summed E-state index contributed by atoms with van der Waals surface area (Å²) in [4.78, 5) is 12.0. The van der Waals surface area contributed by atoms with Crippen molar-refractivity contribution in [2.45, 2.75) is 6.92 Å². The van der Waals surface area contributed by atoms with Gasteiger partial charge in [-0.1, -0.05) is 42.5 Å². The van der Waals surface area contributed by atoms with Crippen molar-refractivity contribution < 1.29 is 23.5 Å². The maximum atomic E-state index is 12.0. The molecule has 0 spiro atoms. The number of para-hydroxylation sites is 2. The summed E-state index contributed by atoms with van der Waals surface area (Å²) in [5.41, 5.74) is 7.95. The van der Waals surface area contributed by atoms with E-state index in [0.717, 1.165) is 11.3 Å². The van der Waals surface area contributed by atoms with Gasteiger partial charge in [0.25, 0.3) is 5.88 Å². The van der Waals surface area contributed by atoms with Gasteiger partial charge in [0.05, 0.1) is 18.0 Å². The van der Waals surface area contributed by atoms with Gasteiger partial charge in [0.1, 0.15) is 19.0 Å². The van der Waals surface area contributed by atoms with Gasteiger partial charge in [-0.3, -0.25) is 0 Å². The number of benzene rings is 2. The Morgan fingerprint density at radius 1 is 0.973 bits per heavy atom. The third-order valence-corrected chi connectivity index (χ3v) is 5.06. The molecule has 190 valence electrons. The molecule has 2 aromatic carbocycles. The fourth-order valence-electron chi connectivity index (χ4n) is 3.19. The molecule has 0 aliphatic carbocycles. The summed E-state index contributed by atoms with van der Waals surface area (Å²) < 4.78 is 21.1. The van der Waals surface area contributed by atoms with Crippen molar-refractivity contribution in [1.82, 2.24) is 15.4 Å². The number of carbonyl (C=O) groups is 1. The summed E-state index contributed by atoms with van der Waals surface area (Å²) in [5, 5.41) is 18.5. The Labute approximate surface area is 217 Å². The average Bonchev–Trinajstić information content (AvgIpc) is 3.28. The molecule has 0 aliphatic rings. The molecular weight excluding hydrogens is 496 g/mol. The number of hydrogen-bond donors (Lipinski definition) is 3. The van der Waals surface area contributed by atoms with Gasteiger partial charge < -0.3 is 35.1 Å². The van der Waals surface area contributed by atoms with Crippen LogP contribution in [-0.2, 0) is 4.74 Å². The Balaban J connectivity index is 1.30. The maximum absolute atomic E-state index is 12.0. The Bertz CT molecular complexity index is 1350. The third kappa shape index (κ3) is 6.70. The van der Waals surface area contributed by atoms with E-state index >= 15 is 0 Å². The van der Waals surface area contributed by atoms with Crippen LogP contribution in [0.15, 0.2) is 71.3 Å². The Hall–Kier alpha value is -4.71. The maximum Gasteiger partial charge on any atom is 0.349 e. The zero-order chi connectivity index (χ0) is 26.0. The minimum Gasteiger partial charge on any atom is -0.488 e. The third-order valence-electron chi connectivity index (χ3n) is 4.86. The van der Waals surface area contributed by atoms with E-state index in [2.05, 4.69) is 26.0 Å². The molecule has 0 fully saturated rings. The smallest absolute Gasteiger partial charge is 0.349 e. The van der Waals surface area contributed by atoms with E-state index in [1.165, 1.54) is 0 Å². The van der Waals surface area contributed by atoms with Crippen LogP contribution in [0.5, 0.6) is 11.6 Å². The number of anilines is 3. The number of carbonyl (C=O) groups excluding carboxylic acids is 1. The summed E-state index contributed by atoms with van der Waals surface area (Å²) in [7, 11) is 0. The lowest BCUT2D eigenvalue weighted by Crippen LogP contribution is -2.21. The summed E-state index contributed by atoms with van der Waals surface area (Å²) >= 11 is 5.42. The minimum absolute atomic E-state index is 0.0553. The monoisotopic (exact) mass is 520 g/mol. The molecule has 0 unspecified atom stereocenters. The van der Waals surface area contributed by atoms with Gasteiger partial charge in [0.2, 0.25) is 5.88 Å². The minimum atomic E-state index is -0.674. The molecule has 0 saturated heterocycles. The van der Waals surface area contributed by atoms with Crippen LogP contribution in [0.2, 0.25) is 0 Å². The topological polar surface area (TPSA) is 147 Å². The van der Waals surface area contributed by atoms with Gasteiger partial charge in [-0.15, -0.1) is 10.2 Å². The molecule has 4 rings (SSSR count). The summed E-state index contributed by atoms with van der Waals surface area (Å²) in [5.74, 6) is 0.117. The molecule has 4 aromatic rings. The molecule has 2 heterocycles. The Kier molecular flexibility index (Phi) is 8.45. The van der Waals surface area contributed by atoms with Gasteiger partial charge in [0.15, 0.2) is 16.5 Å². The first-order chi connectivity index (χ1) is 18.0. The Morgan fingerprint density at radius 3 is 2.49 bits per heavy atom. The van der Waals surface area contributed by atoms with Crippen LogP contribution in [0.3, 0.4) is 0 Å². The average molecular weight is 521 g/mol. The summed E-state index contributed by atoms with van der Waals surface area (Å²) in [6, 6.07) is 20.7. The van der Waals surface area contributed by atoms with Crippen molar-refractivity contribution in [3.8, 4) is 22.9 Å². The molecule has 0 amide bonds. The van der Waals surface area contributed by atoms with Crippen molar-refractivity contribution in [3.63, 3.8) is 0 Å². The first-order valence-corrected chi connectivity index (χ1v) is 11.7. The van der Waals surface area contributed by atoms with E-state index in [1.807, 2.05) is 54.6 Å². The first-order valence-electron chi connectivity index (χ1n) is 11.3. The lowest BCUT2D eigenvalue weighted by Gasteiger charge is -2.14. The number of nitrogens with zero attached hydrogens (tertiary/aromatic N) is 3. The van der Waals surface area contributed by atoms with E-state index in [0.29, 0.717) is 22.4 Å². The highest BCUT2D eigenvalue weighted by molar-refractivity contribution is 7.80. The number of thiocarbonyl (C=S) groups is 1. The number of aromatic nitrogens is 3. The first kappa shape index (κ1) is 25.4. The van der Waals surface area contributed by atoms with Gasteiger partial charge in [-0.05, 0) is 48.6 Å². The SMILES string of the molecule is CCOC(=O)c1c(OCCOc2ccccc2NC(=S)Nc2ccc(-c3ccccc3)nn2)noc1N. The largest absolute Gasteiger partial charge is 0.488 e. The lowest BCUT2D eigenvalue weighted by atomic mass is 10.1. The van der Waals surface area contributed by atoms with Crippen LogP contribution in [0, 0.1) is 0 Å². The predicted molar refractivity (Wildman–Crippen MR) is 142 cm³/mol. The lowest BCUT2D eigenvalue weighted by molar-refractivity contribution is 0.0522. The van der Waals surface area contributed by atoms with Crippen LogP contribution in [0.4, 0.5) is 17.4 Å². The number of nitrogens with one attached hydrogen (secondary N) is 2. The molecule has 0 bridgehead atoms. The molecule has 0 radical (unpaired) electrons. The number of rotatable bonds is 10. The van der Waals surface area contributed by atoms with E-state index < -0.39 is 5.97 Å². The number of ether oxygens (including phenoxy) is 3.